The molecule has 0 atom stereocenters. The van der Waals surface area contributed by atoms with Crippen molar-refractivity contribution >= 4 is 33.3 Å². The molecular formula is C12H9BrFN3O. The lowest BCUT2D eigenvalue weighted by atomic mass is 10.2. The van der Waals surface area contributed by atoms with Gasteiger partial charge in [-0.3, -0.25) is 4.79 Å². The lowest BCUT2D eigenvalue weighted by Crippen LogP contribution is -2.15. The molecule has 0 saturated carbocycles. The number of benzene rings is 1. The van der Waals surface area contributed by atoms with E-state index in [0.717, 1.165) is 0 Å². The third-order valence-corrected chi connectivity index (χ3v) is 2.74. The first kappa shape index (κ1) is 12.5. The van der Waals surface area contributed by atoms with E-state index in [9.17, 15) is 9.18 Å². The summed E-state index contributed by atoms with van der Waals surface area (Å²) in [5.41, 5.74) is 5.89. The molecule has 1 heterocycles. The molecule has 92 valence electrons. The topological polar surface area (TPSA) is 68.0 Å². The minimum absolute atomic E-state index is 0.0664. The van der Waals surface area contributed by atoms with Gasteiger partial charge < -0.3 is 11.1 Å². The number of nitrogens with two attached hydrogens (primary N) is 1. The minimum Gasteiger partial charge on any atom is -0.396 e. The van der Waals surface area contributed by atoms with Gasteiger partial charge in [-0.05, 0) is 30.3 Å². The van der Waals surface area contributed by atoms with Crippen LogP contribution >= 0.6 is 15.9 Å². The highest BCUT2D eigenvalue weighted by Gasteiger charge is 2.13. The summed E-state index contributed by atoms with van der Waals surface area (Å²) in [5.74, 6) is -0.994. The van der Waals surface area contributed by atoms with Crippen molar-refractivity contribution in [3.63, 3.8) is 0 Å². The second-order valence-corrected chi connectivity index (χ2v) is 4.44. The maximum atomic E-state index is 13.6. The number of aromatic nitrogens is 1. The third kappa shape index (κ3) is 2.65. The molecule has 0 spiro atoms. The first-order valence-electron chi connectivity index (χ1n) is 5.05. The van der Waals surface area contributed by atoms with E-state index in [1.807, 2.05) is 0 Å². The Kier molecular flexibility index (Phi) is 3.57. The van der Waals surface area contributed by atoms with E-state index in [4.69, 9.17) is 5.73 Å². The van der Waals surface area contributed by atoms with Crippen molar-refractivity contribution < 1.29 is 9.18 Å². The Balaban J connectivity index is 2.25. The van der Waals surface area contributed by atoms with Crippen molar-refractivity contribution in [2.45, 2.75) is 0 Å². The van der Waals surface area contributed by atoms with Crippen LogP contribution in [0.3, 0.4) is 0 Å². The van der Waals surface area contributed by atoms with E-state index < -0.39 is 11.7 Å². The number of halogens is 2. The van der Waals surface area contributed by atoms with Gasteiger partial charge in [-0.2, -0.15) is 0 Å². The summed E-state index contributed by atoms with van der Waals surface area (Å²) >= 11 is 3.12. The third-order valence-electron chi connectivity index (χ3n) is 2.25. The molecule has 0 unspecified atom stereocenters. The Morgan fingerprint density at radius 3 is 2.83 bits per heavy atom. The maximum absolute atomic E-state index is 13.6. The van der Waals surface area contributed by atoms with E-state index in [2.05, 4.69) is 26.2 Å². The standard InChI is InChI=1S/C12H9BrFN3O/c13-7-3-4-8(9(14)6-7)12(18)17-11-10(15)2-1-5-16-11/h1-6H,15H2,(H,16,17,18). The van der Waals surface area contributed by atoms with Gasteiger partial charge in [-0.1, -0.05) is 15.9 Å². The van der Waals surface area contributed by atoms with Gasteiger partial charge in [0.15, 0.2) is 5.82 Å². The van der Waals surface area contributed by atoms with Gasteiger partial charge in [0.05, 0.1) is 11.3 Å². The highest BCUT2D eigenvalue weighted by molar-refractivity contribution is 9.10. The molecule has 1 aromatic carbocycles. The van der Waals surface area contributed by atoms with Crippen LogP contribution in [0.2, 0.25) is 0 Å². The normalized spacial score (nSPS) is 10.1. The van der Waals surface area contributed by atoms with Crippen LogP contribution in [0.25, 0.3) is 0 Å². The fraction of sp³-hybridized carbons (Fsp3) is 0. The van der Waals surface area contributed by atoms with Crippen LogP contribution in [0.15, 0.2) is 41.0 Å². The van der Waals surface area contributed by atoms with Crippen LogP contribution < -0.4 is 11.1 Å². The van der Waals surface area contributed by atoms with Crippen molar-refractivity contribution in [3.8, 4) is 0 Å². The van der Waals surface area contributed by atoms with Gasteiger partial charge in [-0.15, -0.1) is 0 Å². The smallest absolute Gasteiger partial charge is 0.259 e. The Hall–Kier alpha value is -1.95. The molecule has 0 radical (unpaired) electrons. The molecule has 0 aliphatic rings. The van der Waals surface area contributed by atoms with E-state index in [1.54, 1.807) is 18.2 Å². The Morgan fingerprint density at radius 1 is 1.39 bits per heavy atom. The predicted molar refractivity (Wildman–Crippen MR) is 70.7 cm³/mol. The summed E-state index contributed by atoms with van der Waals surface area (Å²) in [5, 5.41) is 2.46. The Labute approximate surface area is 111 Å². The monoisotopic (exact) mass is 309 g/mol. The number of nitrogens with zero attached hydrogens (tertiary/aromatic N) is 1. The van der Waals surface area contributed by atoms with Crippen LogP contribution in [0.1, 0.15) is 10.4 Å². The largest absolute Gasteiger partial charge is 0.396 e. The Bertz CT molecular complexity index is 604. The summed E-state index contributed by atoms with van der Waals surface area (Å²) in [6.45, 7) is 0. The highest BCUT2D eigenvalue weighted by Crippen LogP contribution is 2.18. The minimum atomic E-state index is -0.614. The van der Waals surface area contributed by atoms with Crippen LogP contribution in [-0.2, 0) is 0 Å². The van der Waals surface area contributed by atoms with Gasteiger partial charge in [0.2, 0.25) is 0 Å². The van der Waals surface area contributed by atoms with Crippen molar-refractivity contribution in [1.29, 1.82) is 0 Å². The average Bonchev–Trinajstić information content (AvgIpc) is 2.32. The van der Waals surface area contributed by atoms with E-state index in [1.165, 1.54) is 18.3 Å². The first-order chi connectivity index (χ1) is 8.58. The number of pyridine rings is 1. The molecule has 2 rings (SSSR count). The second-order valence-electron chi connectivity index (χ2n) is 3.52. The molecule has 1 aromatic heterocycles. The molecular weight excluding hydrogens is 301 g/mol. The number of nitrogen functional groups attached to an aromatic ring is 1. The van der Waals surface area contributed by atoms with Gasteiger partial charge in [0.25, 0.3) is 5.91 Å². The number of rotatable bonds is 2. The molecule has 0 bridgehead atoms. The van der Waals surface area contributed by atoms with Crippen LogP contribution in [0.4, 0.5) is 15.9 Å². The molecule has 4 nitrogen and oxygen atoms in total. The molecule has 0 fully saturated rings. The van der Waals surface area contributed by atoms with E-state index in [0.29, 0.717) is 10.2 Å². The van der Waals surface area contributed by atoms with Crippen molar-refractivity contribution in [3.05, 3.63) is 52.4 Å². The fourth-order valence-corrected chi connectivity index (χ4v) is 1.70. The summed E-state index contributed by atoms with van der Waals surface area (Å²) in [6, 6.07) is 7.43. The van der Waals surface area contributed by atoms with Crippen LogP contribution in [0.5, 0.6) is 0 Å². The zero-order chi connectivity index (χ0) is 13.1. The fourth-order valence-electron chi connectivity index (χ4n) is 1.37. The molecule has 1 amide bonds. The summed E-state index contributed by atoms with van der Waals surface area (Å²) < 4.78 is 14.1. The maximum Gasteiger partial charge on any atom is 0.259 e. The average molecular weight is 310 g/mol. The number of hydrogen-bond donors (Lipinski definition) is 2. The molecule has 3 N–H and O–H groups in total. The summed E-state index contributed by atoms with van der Waals surface area (Å²) in [7, 11) is 0. The van der Waals surface area contributed by atoms with Crippen LogP contribution in [-0.4, -0.2) is 10.9 Å². The van der Waals surface area contributed by atoms with E-state index >= 15 is 0 Å². The number of anilines is 2. The van der Waals surface area contributed by atoms with E-state index in [-0.39, 0.29) is 11.4 Å². The SMILES string of the molecule is Nc1cccnc1NC(=O)c1ccc(Br)cc1F. The van der Waals surface area contributed by atoms with Crippen molar-refractivity contribution in [1.82, 2.24) is 4.98 Å². The lowest BCUT2D eigenvalue weighted by Gasteiger charge is -2.07. The van der Waals surface area contributed by atoms with Crippen molar-refractivity contribution in [2.75, 3.05) is 11.1 Å². The number of nitrogens with one attached hydrogen (secondary N) is 1. The van der Waals surface area contributed by atoms with Crippen molar-refractivity contribution in [2.24, 2.45) is 0 Å². The summed E-state index contributed by atoms with van der Waals surface area (Å²) in [4.78, 5) is 15.7. The highest BCUT2D eigenvalue weighted by atomic mass is 79.9. The first-order valence-corrected chi connectivity index (χ1v) is 5.84. The quantitative estimate of drug-likeness (QED) is 0.896. The summed E-state index contributed by atoms with van der Waals surface area (Å²) in [6.07, 6.45) is 1.49. The van der Waals surface area contributed by atoms with Crippen LogP contribution in [0, 0.1) is 5.82 Å². The van der Waals surface area contributed by atoms with Gasteiger partial charge >= 0.3 is 0 Å². The lowest BCUT2D eigenvalue weighted by molar-refractivity contribution is 0.102. The molecule has 6 heteroatoms. The van der Waals surface area contributed by atoms with Gasteiger partial charge in [0, 0.05) is 10.7 Å². The zero-order valence-corrected chi connectivity index (χ0v) is 10.7. The predicted octanol–water partition coefficient (Wildman–Crippen LogP) is 2.82. The number of hydrogen-bond acceptors (Lipinski definition) is 3. The molecule has 0 aliphatic carbocycles. The Morgan fingerprint density at radius 2 is 2.17 bits per heavy atom. The number of carbonyl (C=O) groups is 1. The van der Waals surface area contributed by atoms with Gasteiger partial charge in [0.1, 0.15) is 5.82 Å². The number of carbonyl (C=O) groups excluding carboxylic acids is 1. The van der Waals surface area contributed by atoms with Gasteiger partial charge in [-0.25, -0.2) is 9.37 Å². The molecule has 18 heavy (non-hydrogen) atoms. The number of amides is 1. The second kappa shape index (κ2) is 5.14. The molecule has 2 aromatic rings. The zero-order valence-electron chi connectivity index (χ0n) is 9.15. The molecule has 0 saturated heterocycles. The molecule has 0 aliphatic heterocycles.